The predicted molar refractivity (Wildman–Crippen MR) is 113 cm³/mol. The molecule has 1 N–H and O–H groups in total. The highest BCUT2D eigenvalue weighted by molar-refractivity contribution is 7.89. The van der Waals surface area contributed by atoms with Crippen LogP contribution in [0.1, 0.15) is 34.3 Å². The number of hydrogen-bond acceptors (Lipinski definition) is 5. The largest absolute Gasteiger partial charge is 0.452 e. The van der Waals surface area contributed by atoms with Gasteiger partial charge >= 0.3 is 5.97 Å². The molecule has 0 atom stereocenters. The van der Waals surface area contributed by atoms with Crippen molar-refractivity contribution in [2.24, 2.45) is 0 Å². The van der Waals surface area contributed by atoms with Crippen LogP contribution in [0.2, 0.25) is 5.02 Å². The molecule has 1 aliphatic rings. The number of aryl methyl sites for hydroxylation is 1. The molecule has 0 spiro atoms. The third-order valence-electron chi connectivity index (χ3n) is 4.79. The SMILES string of the molecule is Cc1ccc(CNC(=O)COC(=O)c2ccc(Cl)c(S(=O)(=O)N3CCCC3)c2)cc1. The van der Waals surface area contributed by atoms with Gasteiger partial charge in [-0.15, -0.1) is 0 Å². The van der Waals surface area contributed by atoms with Crippen molar-refractivity contribution in [3.8, 4) is 0 Å². The number of carbonyl (C=O) groups excluding carboxylic acids is 2. The lowest BCUT2D eigenvalue weighted by molar-refractivity contribution is -0.124. The number of halogens is 1. The first kappa shape index (κ1) is 22.3. The van der Waals surface area contributed by atoms with E-state index < -0.39 is 28.5 Å². The van der Waals surface area contributed by atoms with E-state index in [1.54, 1.807) is 0 Å². The van der Waals surface area contributed by atoms with Crippen LogP contribution in [-0.2, 0) is 26.1 Å². The highest BCUT2D eigenvalue weighted by atomic mass is 35.5. The molecule has 3 rings (SSSR count). The number of nitrogens with zero attached hydrogens (tertiary/aromatic N) is 1. The monoisotopic (exact) mass is 450 g/mol. The number of ether oxygens (including phenoxy) is 1. The Labute approximate surface area is 181 Å². The van der Waals surface area contributed by atoms with Crippen LogP contribution in [0, 0.1) is 6.92 Å². The van der Waals surface area contributed by atoms with Gasteiger partial charge in [-0.05, 0) is 43.5 Å². The molecule has 160 valence electrons. The number of nitrogens with one attached hydrogen (secondary N) is 1. The van der Waals surface area contributed by atoms with Gasteiger partial charge in [0, 0.05) is 19.6 Å². The number of carbonyl (C=O) groups is 2. The van der Waals surface area contributed by atoms with Crippen molar-refractivity contribution in [1.82, 2.24) is 9.62 Å². The van der Waals surface area contributed by atoms with E-state index in [1.165, 1.54) is 22.5 Å². The molecule has 0 unspecified atom stereocenters. The van der Waals surface area contributed by atoms with Crippen molar-refractivity contribution in [3.05, 3.63) is 64.2 Å². The van der Waals surface area contributed by atoms with Crippen LogP contribution in [0.3, 0.4) is 0 Å². The summed E-state index contributed by atoms with van der Waals surface area (Å²) in [6.07, 6.45) is 1.58. The fourth-order valence-electron chi connectivity index (χ4n) is 3.07. The molecule has 1 saturated heterocycles. The van der Waals surface area contributed by atoms with Crippen LogP contribution in [0.15, 0.2) is 47.4 Å². The molecule has 9 heteroatoms. The number of esters is 1. The average Bonchev–Trinajstić information content (AvgIpc) is 3.27. The van der Waals surface area contributed by atoms with Gasteiger partial charge in [0.1, 0.15) is 4.90 Å². The Morgan fingerprint density at radius 3 is 2.43 bits per heavy atom. The molecule has 7 nitrogen and oxygen atoms in total. The summed E-state index contributed by atoms with van der Waals surface area (Å²) in [6.45, 7) is 2.67. The number of amides is 1. The second-order valence-corrected chi connectivity index (χ2v) is 9.41. The molecule has 0 aromatic heterocycles. The van der Waals surface area contributed by atoms with Gasteiger partial charge in [0.05, 0.1) is 10.6 Å². The molecule has 1 amide bonds. The van der Waals surface area contributed by atoms with Gasteiger partial charge in [-0.3, -0.25) is 4.79 Å². The lowest BCUT2D eigenvalue weighted by Gasteiger charge is -2.17. The van der Waals surface area contributed by atoms with Crippen molar-refractivity contribution in [1.29, 1.82) is 0 Å². The summed E-state index contributed by atoms with van der Waals surface area (Å²) >= 11 is 6.08. The first-order chi connectivity index (χ1) is 14.3. The van der Waals surface area contributed by atoms with Crippen LogP contribution in [0.5, 0.6) is 0 Å². The van der Waals surface area contributed by atoms with E-state index >= 15 is 0 Å². The molecule has 1 aliphatic heterocycles. The van der Waals surface area contributed by atoms with Crippen LogP contribution in [0.25, 0.3) is 0 Å². The van der Waals surface area contributed by atoms with Crippen LogP contribution in [0.4, 0.5) is 0 Å². The van der Waals surface area contributed by atoms with Crippen LogP contribution < -0.4 is 5.32 Å². The summed E-state index contributed by atoms with van der Waals surface area (Å²) in [5.74, 6) is -1.25. The van der Waals surface area contributed by atoms with Gasteiger partial charge < -0.3 is 10.1 Å². The Morgan fingerprint density at radius 1 is 1.10 bits per heavy atom. The average molecular weight is 451 g/mol. The number of benzene rings is 2. The molecule has 2 aromatic rings. The zero-order valence-corrected chi connectivity index (χ0v) is 18.1. The maximum Gasteiger partial charge on any atom is 0.338 e. The molecule has 0 aliphatic carbocycles. The van der Waals surface area contributed by atoms with Gasteiger partial charge in [0.15, 0.2) is 6.61 Å². The molecule has 1 heterocycles. The summed E-state index contributed by atoms with van der Waals surface area (Å²) in [4.78, 5) is 24.1. The van der Waals surface area contributed by atoms with Crippen molar-refractivity contribution in [2.75, 3.05) is 19.7 Å². The van der Waals surface area contributed by atoms with Gasteiger partial charge in [-0.1, -0.05) is 41.4 Å². The quantitative estimate of drug-likeness (QED) is 0.655. The van der Waals surface area contributed by atoms with Gasteiger partial charge in [-0.2, -0.15) is 4.31 Å². The van der Waals surface area contributed by atoms with E-state index in [0.29, 0.717) is 19.6 Å². The van der Waals surface area contributed by atoms with Gasteiger partial charge in [0.25, 0.3) is 5.91 Å². The molecule has 0 radical (unpaired) electrons. The Bertz CT molecular complexity index is 1030. The third kappa shape index (κ3) is 5.38. The molecule has 0 bridgehead atoms. The van der Waals surface area contributed by atoms with E-state index in [9.17, 15) is 18.0 Å². The van der Waals surface area contributed by atoms with E-state index in [4.69, 9.17) is 16.3 Å². The Hall–Kier alpha value is -2.42. The van der Waals surface area contributed by atoms with E-state index in [-0.39, 0.29) is 15.5 Å². The standard InChI is InChI=1S/C21H23ClN2O5S/c1-15-4-6-16(7-5-15)13-23-20(25)14-29-21(26)17-8-9-18(22)19(12-17)30(27,28)24-10-2-3-11-24/h4-9,12H,2-3,10-11,13-14H2,1H3,(H,23,25). The topological polar surface area (TPSA) is 92.8 Å². The number of sulfonamides is 1. The molecule has 30 heavy (non-hydrogen) atoms. The van der Waals surface area contributed by atoms with Crippen molar-refractivity contribution < 1.29 is 22.7 Å². The fraction of sp³-hybridized carbons (Fsp3) is 0.333. The molecule has 2 aromatic carbocycles. The maximum absolute atomic E-state index is 12.8. The molecule has 0 saturated carbocycles. The second-order valence-electron chi connectivity index (χ2n) is 7.09. The van der Waals surface area contributed by atoms with Crippen molar-refractivity contribution in [2.45, 2.75) is 31.2 Å². The highest BCUT2D eigenvalue weighted by Crippen LogP contribution is 2.28. The minimum absolute atomic E-state index is 0.0171. The smallest absolute Gasteiger partial charge is 0.338 e. The Morgan fingerprint density at radius 2 is 1.77 bits per heavy atom. The highest BCUT2D eigenvalue weighted by Gasteiger charge is 2.30. The minimum atomic E-state index is -3.78. The van der Waals surface area contributed by atoms with Crippen LogP contribution in [-0.4, -0.2) is 44.3 Å². The lowest BCUT2D eigenvalue weighted by Crippen LogP contribution is -2.29. The fourth-order valence-corrected chi connectivity index (χ4v) is 5.09. The summed E-state index contributed by atoms with van der Waals surface area (Å²) in [5.41, 5.74) is 2.06. The van der Waals surface area contributed by atoms with E-state index in [1.807, 2.05) is 31.2 Å². The Kier molecular flexibility index (Phi) is 7.12. The summed E-state index contributed by atoms with van der Waals surface area (Å²) in [5, 5.41) is 2.70. The number of rotatable bonds is 7. The third-order valence-corrected chi connectivity index (χ3v) is 7.17. The summed E-state index contributed by atoms with van der Waals surface area (Å²) in [6, 6.07) is 11.6. The molecular formula is C21H23ClN2O5S. The first-order valence-electron chi connectivity index (χ1n) is 9.56. The van der Waals surface area contributed by atoms with Crippen LogP contribution >= 0.6 is 11.6 Å². The molecule has 1 fully saturated rings. The van der Waals surface area contributed by atoms with E-state index in [0.717, 1.165) is 24.0 Å². The maximum atomic E-state index is 12.8. The van der Waals surface area contributed by atoms with E-state index in [2.05, 4.69) is 5.32 Å². The lowest BCUT2D eigenvalue weighted by atomic mass is 10.1. The summed E-state index contributed by atoms with van der Waals surface area (Å²) < 4.78 is 31.9. The zero-order valence-electron chi connectivity index (χ0n) is 16.6. The van der Waals surface area contributed by atoms with Crippen molar-refractivity contribution in [3.63, 3.8) is 0 Å². The second kappa shape index (κ2) is 9.59. The molecular weight excluding hydrogens is 428 g/mol. The Balaban J connectivity index is 1.60. The van der Waals surface area contributed by atoms with Crippen molar-refractivity contribution >= 4 is 33.5 Å². The van der Waals surface area contributed by atoms with Gasteiger partial charge in [0.2, 0.25) is 10.0 Å². The first-order valence-corrected chi connectivity index (χ1v) is 11.4. The normalized spacial score (nSPS) is 14.5. The zero-order chi connectivity index (χ0) is 21.7. The minimum Gasteiger partial charge on any atom is -0.452 e. The number of hydrogen-bond donors (Lipinski definition) is 1. The summed E-state index contributed by atoms with van der Waals surface area (Å²) in [7, 11) is -3.78. The van der Waals surface area contributed by atoms with Gasteiger partial charge in [-0.25, -0.2) is 13.2 Å². The predicted octanol–water partition coefficient (Wildman–Crippen LogP) is 2.91.